The molecule has 0 aliphatic heterocycles. The molecule has 3 atom stereocenters. The van der Waals surface area contributed by atoms with E-state index >= 15 is 0 Å². The minimum Gasteiger partial charge on any atom is -0.504 e. The summed E-state index contributed by atoms with van der Waals surface area (Å²) in [6.45, 7) is 10.9. The van der Waals surface area contributed by atoms with E-state index in [1.54, 1.807) is 18.2 Å². The van der Waals surface area contributed by atoms with E-state index in [0.29, 0.717) is 66.8 Å². The van der Waals surface area contributed by atoms with Gasteiger partial charge in [0.2, 0.25) is 0 Å². The molecular formula is C54H54O9. The molecule has 63 heavy (non-hydrogen) atoms. The monoisotopic (exact) mass is 846 g/mol. The number of allylic oxidation sites excluding steroid dienone is 3. The van der Waals surface area contributed by atoms with Gasteiger partial charge in [-0.05, 0) is 145 Å². The summed E-state index contributed by atoms with van der Waals surface area (Å²) in [6.07, 6.45) is 1.96. The Morgan fingerprint density at radius 2 is 0.651 bits per heavy atom. The van der Waals surface area contributed by atoms with Crippen molar-refractivity contribution in [2.75, 3.05) is 0 Å². The number of aliphatic hydroxyl groups is 3. The molecule has 0 aliphatic rings. The average Bonchev–Trinajstić information content (AvgIpc) is 3.22. The van der Waals surface area contributed by atoms with Crippen LogP contribution in [0.1, 0.15) is 89.2 Å². The predicted octanol–water partition coefficient (Wildman–Crippen LogP) is 11.0. The van der Waals surface area contributed by atoms with E-state index in [0.717, 1.165) is 32.3 Å². The van der Waals surface area contributed by atoms with Crippen molar-refractivity contribution in [3.63, 3.8) is 0 Å². The standard InChI is InChI=1S/C54H54O9/c1-28(19-40-37-16-10-7-13-34(37)25-46(58)52(40)61)22-43(55)49-31(4)50(44(56)23-29(2)20-41-38-17-11-8-14-35(38)26-47(59)53(41)62)33(6)51(32(49)5)45(57)24-30(3)21-42-39-18-12-9-15-36(39)27-48(60)54(42)63/h7-18,22-27,43-45,55-63H,19-21H2,1-6H3/b28-22-,29-23+,30-24+. The van der Waals surface area contributed by atoms with Gasteiger partial charge in [0.05, 0.1) is 18.3 Å². The van der Waals surface area contributed by atoms with E-state index in [1.807, 2.05) is 114 Å². The number of aromatic hydroxyl groups is 6. The van der Waals surface area contributed by atoms with Gasteiger partial charge in [0.25, 0.3) is 0 Å². The first-order valence-electron chi connectivity index (χ1n) is 20.9. The number of benzene rings is 7. The van der Waals surface area contributed by atoms with Gasteiger partial charge >= 0.3 is 0 Å². The number of phenols is 6. The van der Waals surface area contributed by atoms with Crippen LogP contribution in [0.2, 0.25) is 0 Å². The molecule has 7 aromatic carbocycles. The van der Waals surface area contributed by atoms with E-state index in [-0.39, 0.29) is 53.8 Å². The van der Waals surface area contributed by atoms with Crippen LogP contribution in [-0.4, -0.2) is 46.0 Å². The van der Waals surface area contributed by atoms with Crippen LogP contribution < -0.4 is 0 Å². The highest BCUT2D eigenvalue weighted by Crippen LogP contribution is 2.43. The maximum atomic E-state index is 12.2. The van der Waals surface area contributed by atoms with E-state index < -0.39 is 18.3 Å². The summed E-state index contributed by atoms with van der Waals surface area (Å²) in [5, 5.41) is 105. The molecule has 0 fully saturated rings. The highest BCUT2D eigenvalue weighted by Gasteiger charge is 2.27. The van der Waals surface area contributed by atoms with Crippen LogP contribution in [0.5, 0.6) is 34.5 Å². The van der Waals surface area contributed by atoms with Gasteiger partial charge in [-0.25, -0.2) is 0 Å². The maximum absolute atomic E-state index is 12.2. The third-order valence-electron chi connectivity index (χ3n) is 12.3. The number of aliphatic hydroxyl groups excluding tert-OH is 3. The van der Waals surface area contributed by atoms with Crippen molar-refractivity contribution < 1.29 is 46.0 Å². The molecule has 7 rings (SSSR count). The molecule has 7 aromatic rings. The van der Waals surface area contributed by atoms with E-state index in [2.05, 4.69) is 0 Å². The molecule has 3 unspecified atom stereocenters. The van der Waals surface area contributed by atoms with Crippen molar-refractivity contribution in [2.24, 2.45) is 0 Å². The van der Waals surface area contributed by atoms with Crippen LogP contribution in [-0.2, 0) is 19.3 Å². The highest BCUT2D eigenvalue weighted by molar-refractivity contribution is 5.92. The molecule has 0 aliphatic carbocycles. The van der Waals surface area contributed by atoms with Crippen molar-refractivity contribution in [2.45, 2.75) is 79.1 Å². The first kappa shape index (κ1) is 44.3. The van der Waals surface area contributed by atoms with Crippen LogP contribution in [0.15, 0.2) is 126 Å². The third-order valence-corrected chi connectivity index (χ3v) is 12.3. The summed E-state index contributed by atoms with van der Waals surface area (Å²) in [4.78, 5) is 0. The fourth-order valence-corrected chi connectivity index (χ4v) is 9.41. The fourth-order valence-electron chi connectivity index (χ4n) is 9.41. The van der Waals surface area contributed by atoms with Crippen LogP contribution in [0.4, 0.5) is 0 Å². The average molecular weight is 847 g/mol. The Labute approximate surface area is 366 Å². The van der Waals surface area contributed by atoms with Crippen LogP contribution in [0, 0.1) is 20.8 Å². The van der Waals surface area contributed by atoms with Gasteiger partial charge in [-0.2, -0.15) is 0 Å². The lowest BCUT2D eigenvalue weighted by Crippen LogP contribution is -2.15. The SMILES string of the molecule is C/C(=C/C(O)c1c(C)c(C(O)/C=C(\C)Cc2c(O)c(O)cc3ccccc23)c(C)c(C(O)/C=C(\C)Cc2c(O)c(O)cc3ccccc23)c1C)Cc1c(O)c(O)cc2ccccc12. The van der Waals surface area contributed by atoms with Gasteiger partial charge in [0.15, 0.2) is 34.5 Å². The Kier molecular flexibility index (Phi) is 12.6. The Bertz CT molecular complexity index is 2670. The minimum atomic E-state index is -1.23. The smallest absolute Gasteiger partial charge is 0.161 e. The molecule has 0 aromatic heterocycles. The van der Waals surface area contributed by atoms with Crippen LogP contribution in [0.25, 0.3) is 32.3 Å². The van der Waals surface area contributed by atoms with E-state index in [9.17, 15) is 46.0 Å². The second-order valence-corrected chi connectivity index (χ2v) is 16.9. The lowest BCUT2D eigenvalue weighted by molar-refractivity contribution is 0.210. The minimum absolute atomic E-state index is 0.212. The van der Waals surface area contributed by atoms with Crippen molar-refractivity contribution in [1.82, 2.24) is 0 Å². The maximum Gasteiger partial charge on any atom is 0.161 e. The second kappa shape index (κ2) is 17.9. The fraction of sp³-hybridized carbons (Fsp3) is 0.222. The summed E-state index contributed by atoms with van der Waals surface area (Å²) in [5.74, 6) is -1.45. The Morgan fingerprint density at radius 3 is 0.905 bits per heavy atom. The zero-order chi connectivity index (χ0) is 45.4. The van der Waals surface area contributed by atoms with Crippen molar-refractivity contribution >= 4 is 32.3 Å². The molecule has 0 amide bonds. The first-order chi connectivity index (χ1) is 30.0. The van der Waals surface area contributed by atoms with Crippen LogP contribution >= 0.6 is 0 Å². The molecule has 9 nitrogen and oxygen atoms in total. The van der Waals surface area contributed by atoms with Crippen molar-refractivity contribution in [3.8, 4) is 34.5 Å². The summed E-state index contributed by atoms with van der Waals surface area (Å²) >= 11 is 0. The zero-order valence-corrected chi connectivity index (χ0v) is 36.3. The quantitative estimate of drug-likeness (QED) is 0.0427. The zero-order valence-electron chi connectivity index (χ0n) is 36.3. The Morgan fingerprint density at radius 1 is 0.413 bits per heavy atom. The first-order valence-corrected chi connectivity index (χ1v) is 20.9. The molecule has 0 heterocycles. The summed E-state index contributed by atoms with van der Waals surface area (Å²) in [6, 6.07) is 26.8. The van der Waals surface area contributed by atoms with Crippen molar-refractivity contribution in [3.05, 3.63) is 176 Å². The molecule has 0 bridgehead atoms. The van der Waals surface area contributed by atoms with Gasteiger partial charge in [0, 0.05) is 16.7 Å². The lowest BCUT2D eigenvalue weighted by atomic mass is 9.81. The number of phenolic OH excluding ortho intramolecular Hbond substituents is 6. The highest BCUT2D eigenvalue weighted by atomic mass is 16.3. The molecule has 9 N–H and O–H groups in total. The normalized spacial score (nSPS) is 14.1. The second-order valence-electron chi connectivity index (χ2n) is 16.9. The lowest BCUT2D eigenvalue weighted by Gasteiger charge is -2.28. The molecule has 0 spiro atoms. The van der Waals surface area contributed by atoms with Gasteiger partial charge in [-0.15, -0.1) is 0 Å². The number of fused-ring (bicyclic) bond motifs is 3. The van der Waals surface area contributed by atoms with Gasteiger partial charge in [0.1, 0.15) is 0 Å². The largest absolute Gasteiger partial charge is 0.504 e. The van der Waals surface area contributed by atoms with Crippen molar-refractivity contribution in [1.29, 1.82) is 0 Å². The summed E-state index contributed by atoms with van der Waals surface area (Å²) < 4.78 is 0. The van der Waals surface area contributed by atoms with Gasteiger partial charge < -0.3 is 46.0 Å². The molecule has 0 saturated carbocycles. The third kappa shape index (κ3) is 8.68. The molecule has 0 radical (unpaired) electrons. The van der Waals surface area contributed by atoms with Crippen LogP contribution in [0.3, 0.4) is 0 Å². The molecule has 0 saturated heterocycles. The van der Waals surface area contributed by atoms with E-state index in [1.165, 1.54) is 18.2 Å². The predicted molar refractivity (Wildman–Crippen MR) is 250 cm³/mol. The summed E-state index contributed by atoms with van der Waals surface area (Å²) in [5.41, 5.74) is 6.82. The van der Waals surface area contributed by atoms with Gasteiger partial charge in [-0.3, -0.25) is 0 Å². The Balaban J connectivity index is 1.32. The summed E-state index contributed by atoms with van der Waals surface area (Å²) in [7, 11) is 0. The van der Waals surface area contributed by atoms with Gasteiger partial charge in [-0.1, -0.05) is 108 Å². The Hall–Kier alpha value is -6.78. The van der Waals surface area contributed by atoms with E-state index in [4.69, 9.17) is 0 Å². The molecular weight excluding hydrogens is 793 g/mol. The number of hydrogen-bond donors (Lipinski definition) is 9. The topological polar surface area (TPSA) is 182 Å². The number of rotatable bonds is 12. The molecule has 324 valence electrons. The number of hydrogen-bond acceptors (Lipinski definition) is 9. The molecule has 9 heteroatoms.